The van der Waals surface area contributed by atoms with Gasteiger partial charge in [-0.25, -0.2) is 9.97 Å². The summed E-state index contributed by atoms with van der Waals surface area (Å²) in [6.45, 7) is 0. The third kappa shape index (κ3) is 1.72. The number of aliphatic carboxylic acids is 1. The Morgan fingerprint density at radius 2 is 2.06 bits per heavy atom. The molecule has 0 saturated heterocycles. The fourth-order valence-corrected chi connectivity index (χ4v) is 2.71. The third-order valence-electron chi connectivity index (χ3n) is 4.04. The molecule has 1 N–H and O–H groups in total. The molecule has 1 aromatic heterocycles. The first-order valence-electron chi connectivity index (χ1n) is 6.29. The van der Waals surface area contributed by atoms with E-state index in [1.807, 2.05) is 6.07 Å². The topological polar surface area (TPSA) is 63.1 Å². The predicted molar refractivity (Wildman–Crippen MR) is 61.8 cm³/mol. The zero-order valence-corrected chi connectivity index (χ0v) is 9.72. The summed E-state index contributed by atoms with van der Waals surface area (Å²) in [5, 5.41) is 9.23. The van der Waals surface area contributed by atoms with Crippen LogP contribution in [-0.4, -0.2) is 21.0 Å². The van der Waals surface area contributed by atoms with Gasteiger partial charge >= 0.3 is 5.97 Å². The van der Waals surface area contributed by atoms with Crippen LogP contribution in [0.1, 0.15) is 56.0 Å². The average molecular weight is 232 g/mol. The molecular weight excluding hydrogens is 216 g/mol. The molecule has 2 aliphatic rings. The minimum atomic E-state index is -0.777. The molecule has 3 rings (SSSR count). The number of rotatable bonds is 3. The Morgan fingerprint density at radius 1 is 1.35 bits per heavy atom. The predicted octanol–water partition coefficient (Wildman–Crippen LogP) is 2.25. The van der Waals surface area contributed by atoms with E-state index in [9.17, 15) is 9.90 Å². The molecule has 90 valence electrons. The van der Waals surface area contributed by atoms with Crippen LogP contribution in [-0.2, 0) is 10.2 Å². The maximum absolute atomic E-state index is 11.2. The SMILES string of the molecule is O=C(O)C1(c2nccc(C3CCCC3)n2)CC1. The summed E-state index contributed by atoms with van der Waals surface area (Å²) in [4.78, 5) is 19.9. The smallest absolute Gasteiger partial charge is 0.317 e. The van der Waals surface area contributed by atoms with Gasteiger partial charge in [0.2, 0.25) is 0 Å². The Hall–Kier alpha value is -1.45. The van der Waals surface area contributed by atoms with Gasteiger partial charge in [0.1, 0.15) is 11.2 Å². The molecule has 4 nitrogen and oxygen atoms in total. The lowest BCUT2D eigenvalue weighted by Gasteiger charge is -2.12. The number of aromatic nitrogens is 2. The van der Waals surface area contributed by atoms with Crippen LogP contribution in [0.3, 0.4) is 0 Å². The van der Waals surface area contributed by atoms with Crippen LogP contribution in [0.2, 0.25) is 0 Å². The lowest BCUT2D eigenvalue weighted by molar-refractivity contribution is -0.140. The molecule has 0 amide bonds. The minimum absolute atomic E-state index is 0.515. The van der Waals surface area contributed by atoms with Crippen LogP contribution in [0, 0.1) is 0 Å². The Morgan fingerprint density at radius 3 is 2.65 bits per heavy atom. The second kappa shape index (κ2) is 3.79. The van der Waals surface area contributed by atoms with Crippen LogP contribution < -0.4 is 0 Å². The standard InChI is InChI=1S/C13H16N2O2/c16-12(17)13(6-7-13)11-14-8-5-10(15-11)9-3-1-2-4-9/h5,8-9H,1-4,6-7H2,(H,16,17). The van der Waals surface area contributed by atoms with Crippen molar-refractivity contribution in [1.29, 1.82) is 0 Å². The lowest BCUT2D eigenvalue weighted by Crippen LogP contribution is -2.23. The summed E-state index contributed by atoms with van der Waals surface area (Å²) in [6, 6.07) is 1.94. The molecule has 4 heteroatoms. The van der Waals surface area contributed by atoms with Crippen molar-refractivity contribution < 1.29 is 9.90 Å². The van der Waals surface area contributed by atoms with E-state index in [4.69, 9.17) is 0 Å². The van der Waals surface area contributed by atoms with Gasteiger partial charge in [0.25, 0.3) is 0 Å². The summed E-state index contributed by atoms with van der Waals surface area (Å²) in [5.74, 6) is 0.261. The van der Waals surface area contributed by atoms with Crippen LogP contribution in [0.4, 0.5) is 0 Å². The third-order valence-corrected chi connectivity index (χ3v) is 4.04. The Balaban J connectivity index is 1.91. The van der Waals surface area contributed by atoms with E-state index in [0.717, 1.165) is 5.69 Å². The summed E-state index contributed by atoms with van der Waals surface area (Å²) < 4.78 is 0. The van der Waals surface area contributed by atoms with Crippen molar-refractivity contribution in [1.82, 2.24) is 9.97 Å². The fourth-order valence-electron chi connectivity index (χ4n) is 2.71. The number of nitrogens with zero attached hydrogens (tertiary/aromatic N) is 2. The lowest BCUT2D eigenvalue weighted by atomic mass is 10.0. The zero-order chi connectivity index (χ0) is 11.9. The highest BCUT2D eigenvalue weighted by Gasteiger charge is 2.54. The Kier molecular flexibility index (Phi) is 2.38. The molecule has 0 aromatic carbocycles. The molecule has 1 aromatic rings. The zero-order valence-electron chi connectivity index (χ0n) is 9.72. The second-order valence-corrected chi connectivity index (χ2v) is 5.17. The van der Waals surface area contributed by atoms with Gasteiger partial charge in [-0.15, -0.1) is 0 Å². The van der Waals surface area contributed by atoms with E-state index < -0.39 is 11.4 Å². The second-order valence-electron chi connectivity index (χ2n) is 5.17. The monoisotopic (exact) mass is 232 g/mol. The quantitative estimate of drug-likeness (QED) is 0.868. The van der Waals surface area contributed by atoms with E-state index in [0.29, 0.717) is 24.6 Å². The van der Waals surface area contributed by atoms with Crippen LogP contribution in [0.5, 0.6) is 0 Å². The van der Waals surface area contributed by atoms with Gasteiger partial charge in [0, 0.05) is 17.8 Å². The van der Waals surface area contributed by atoms with Gasteiger partial charge in [0.05, 0.1) is 0 Å². The van der Waals surface area contributed by atoms with Crippen molar-refractivity contribution in [3.8, 4) is 0 Å². The highest BCUT2D eigenvalue weighted by atomic mass is 16.4. The summed E-state index contributed by atoms with van der Waals surface area (Å²) >= 11 is 0. The highest BCUT2D eigenvalue weighted by molar-refractivity contribution is 5.83. The molecule has 17 heavy (non-hydrogen) atoms. The largest absolute Gasteiger partial charge is 0.480 e. The summed E-state index contributed by atoms with van der Waals surface area (Å²) in [5.41, 5.74) is 0.272. The maximum atomic E-state index is 11.2. The molecule has 2 aliphatic carbocycles. The van der Waals surface area contributed by atoms with Gasteiger partial charge in [-0.1, -0.05) is 12.8 Å². The summed E-state index contributed by atoms with van der Waals surface area (Å²) in [6.07, 6.45) is 7.95. The first kappa shape index (κ1) is 10.7. The number of carbonyl (C=O) groups is 1. The molecule has 2 fully saturated rings. The van der Waals surface area contributed by atoms with Gasteiger partial charge in [-0.05, 0) is 31.7 Å². The molecule has 1 heterocycles. The van der Waals surface area contributed by atoms with Gasteiger partial charge in [-0.3, -0.25) is 4.79 Å². The van der Waals surface area contributed by atoms with E-state index in [-0.39, 0.29) is 0 Å². The summed E-state index contributed by atoms with van der Waals surface area (Å²) in [7, 11) is 0. The Labute approximate surface area is 100 Å². The van der Waals surface area contributed by atoms with Crippen molar-refractivity contribution in [2.24, 2.45) is 0 Å². The van der Waals surface area contributed by atoms with Crippen molar-refractivity contribution in [3.05, 3.63) is 23.8 Å². The molecule has 0 bridgehead atoms. The van der Waals surface area contributed by atoms with Crippen LogP contribution in [0.25, 0.3) is 0 Å². The van der Waals surface area contributed by atoms with Crippen molar-refractivity contribution in [2.45, 2.75) is 49.9 Å². The van der Waals surface area contributed by atoms with Gasteiger partial charge < -0.3 is 5.11 Å². The number of hydrogen-bond acceptors (Lipinski definition) is 3. The number of carboxylic acid groups (broad SMARTS) is 1. The number of carboxylic acids is 1. The Bertz CT molecular complexity index is 448. The first-order valence-corrected chi connectivity index (χ1v) is 6.29. The fraction of sp³-hybridized carbons (Fsp3) is 0.615. The minimum Gasteiger partial charge on any atom is -0.480 e. The van der Waals surface area contributed by atoms with E-state index in [1.54, 1.807) is 6.20 Å². The molecule has 0 atom stereocenters. The van der Waals surface area contributed by atoms with Crippen LogP contribution >= 0.6 is 0 Å². The van der Waals surface area contributed by atoms with Crippen molar-refractivity contribution in [3.63, 3.8) is 0 Å². The van der Waals surface area contributed by atoms with Crippen LogP contribution in [0.15, 0.2) is 12.3 Å². The van der Waals surface area contributed by atoms with Gasteiger partial charge in [0.15, 0.2) is 0 Å². The van der Waals surface area contributed by atoms with E-state index >= 15 is 0 Å². The molecular formula is C13H16N2O2. The number of hydrogen-bond donors (Lipinski definition) is 1. The molecule has 0 unspecified atom stereocenters. The molecule has 0 aliphatic heterocycles. The average Bonchev–Trinajstić information content (AvgIpc) is 2.98. The molecule has 0 radical (unpaired) electrons. The molecule has 2 saturated carbocycles. The van der Waals surface area contributed by atoms with Crippen molar-refractivity contribution >= 4 is 5.97 Å². The van der Waals surface area contributed by atoms with Crippen molar-refractivity contribution in [2.75, 3.05) is 0 Å². The van der Waals surface area contributed by atoms with E-state index in [1.165, 1.54) is 25.7 Å². The van der Waals surface area contributed by atoms with Gasteiger partial charge in [-0.2, -0.15) is 0 Å². The highest BCUT2D eigenvalue weighted by Crippen LogP contribution is 2.47. The van der Waals surface area contributed by atoms with E-state index in [2.05, 4.69) is 9.97 Å². The molecule has 0 spiro atoms. The first-order chi connectivity index (χ1) is 8.22. The normalized spacial score (nSPS) is 22.6. The maximum Gasteiger partial charge on any atom is 0.317 e.